The molecule has 1 heterocycles. The summed E-state index contributed by atoms with van der Waals surface area (Å²) in [6, 6.07) is 3.09. The van der Waals surface area contributed by atoms with E-state index in [0.29, 0.717) is 5.46 Å². The van der Waals surface area contributed by atoms with E-state index in [9.17, 15) is 0 Å². The number of hydrogen-bond acceptors (Lipinski definition) is 3. The molecule has 0 aliphatic heterocycles. The first-order valence-electron chi connectivity index (χ1n) is 2.57. The third kappa shape index (κ3) is 1.52. The van der Waals surface area contributed by atoms with Crippen LogP contribution in [0.2, 0.25) is 0 Å². The van der Waals surface area contributed by atoms with E-state index in [1.165, 1.54) is 12.4 Å². The van der Waals surface area contributed by atoms with Crippen LogP contribution in [0, 0.1) is 0 Å². The van der Waals surface area contributed by atoms with E-state index in [2.05, 4.69) is 4.98 Å². The largest absolute Gasteiger partial charge is 0.488 e. The Morgan fingerprint density at radius 3 is 2.22 bits per heavy atom. The van der Waals surface area contributed by atoms with E-state index < -0.39 is 7.12 Å². The molecule has 4 heteroatoms. The van der Waals surface area contributed by atoms with Gasteiger partial charge in [-0.3, -0.25) is 4.98 Å². The van der Waals surface area contributed by atoms with Gasteiger partial charge in [0.25, 0.3) is 0 Å². The Balaban J connectivity index is 0. The molecule has 0 aromatic carbocycles. The zero-order valence-electron chi connectivity index (χ0n) is 4.73. The van der Waals surface area contributed by atoms with Crippen molar-refractivity contribution in [2.45, 2.75) is 0 Å². The molecule has 9 heavy (non-hydrogen) atoms. The Morgan fingerprint density at radius 1 is 1.33 bits per heavy atom. The van der Waals surface area contributed by atoms with Gasteiger partial charge in [0.1, 0.15) is 0 Å². The molecule has 0 unspecified atom stereocenters. The number of nitrogens with zero attached hydrogens (tertiary/aromatic N) is 1. The maximum Gasteiger partial charge on any atom is 0.488 e. The highest BCUT2D eigenvalue weighted by Crippen LogP contribution is 1.77. The lowest BCUT2D eigenvalue weighted by molar-refractivity contribution is 0.425. The fraction of sp³-hybridized carbons (Fsp3) is 0. The summed E-state index contributed by atoms with van der Waals surface area (Å²) in [6.07, 6.45) is 3.02. The smallest absolute Gasteiger partial charge is 0.423 e. The standard InChI is InChI=1S/C5H6BNO2.2H2/c8-6(9)5-1-3-7-4-2-5;;/h1-4,8-9H;2*1H. The average Bonchev–Trinajstić information content (AvgIpc) is 1.90. The molecule has 1 aromatic heterocycles. The van der Waals surface area contributed by atoms with Crippen molar-refractivity contribution >= 4 is 12.6 Å². The Kier molecular flexibility index (Phi) is 1.82. The van der Waals surface area contributed by atoms with Gasteiger partial charge < -0.3 is 10.0 Å². The molecule has 2 N–H and O–H groups in total. The van der Waals surface area contributed by atoms with Crippen molar-refractivity contribution in [1.82, 2.24) is 4.98 Å². The second-order valence-electron chi connectivity index (χ2n) is 1.65. The Hall–Kier alpha value is -0.865. The van der Waals surface area contributed by atoms with Crippen LogP contribution in [0.15, 0.2) is 24.5 Å². The van der Waals surface area contributed by atoms with Crippen molar-refractivity contribution in [3.05, 3.63) is 24.5 Å². The summed E-state index contributed by atoms with van der Waals surface area (Å²) in [7, 11) is -1.38. The van der Waals surface area contributed by atoms with Gasteiger partial charge in [-0.1, -0.05) is 0 Å². The van der Waals surface area contributed by atoms with Gasteiger partial charge in [0.15, 0.2) is 0 Å². The second kappa shape index (κ2) is 2.61. The number of aromatic nitrogens is 1. The molecule has 1 rings (SSSR count). The van der Waals surface area contributed by atoms with E-state index in [1.54, 1.807) is 12.1 Å². The van der Waals surface area contributed by atoms with E-state index in [4.69, 9.17) is 10.0 Å². The van der Waals surface area contributed by atoms with Crippen LogP contribution in [-0.4, -0.2) is 22.2 Å². The summed E-state index contributed by atoms with van der Waals surface area (Å²) < 4.78 is 0. The van der Waals surface area contributed by atoms with Gasteiger partial charge >= 0.3 is 7.12 Å². The molecule has 3 nitrogen and oxygen atoms in total. The van der Waals surface area contributed by atoms with Gasteiger partial charge in [0.05, 0.1) is 0 Å². The second-order valence-corrected chi connectivity index (χ2v) is 1.65. The molecule has 0 saturated heterocycles. The molecule has 0 spiro atoms. The van der Waals surface area contributed by atoms with Crippen molar-refractivity contribution in [2.75, 3.05) is 0 Å². The van der Waals surface area contributed by atoms with Crippen LogP contribution in [0.25, 0.3) is 0 Å². The minimum absolute atomic E-state index is 0. The lowest BCUT2D eigenvalue weighted by atomic mass is 9.81. The minimum Gasteiger partial charge on any atom is -0.423 e. The average molecular weight is 127 g/mol. The normalized spacial score (nSPS) is 9.11. The Labute approximate surface area is 56.1 Å². The number of rotatable bonds is 1. The summed E-state index contributed by atoms with van der Waals surface area (Å²) in [5.74, 6) is 0. The van der Waals surface area contributed by atoms with Crippen LogP contribution in [0.4, 0.5) is 0 Å². The van der Waals surface area contributed by atoms with Crippen molar-refractivity contribution < 1.29 is 12.9 Å². The molecule has 0 saturated carbocycles. The molecule has 0 amide bonds. The van der Waals surface area contributed by atoms with E-state index in [0.717, 1.165) is 0 Å². The molecule has 50 valence electrons. The maximum absolute atomic E-state index is 8.55. The molecular weight excluding hydrogens is 117 g/mol. The van der Waals surface area contributed by atoms with Crippen LogP contribution < -0.4 is 5.46 Å². The van der Waals surface area contributed by atoms with Crippen LogP contribution in [-0.2, 0) is 0 Å². The first kappa shape index (κ1) is 6.26. The van der Waals surface area contributed by atoms with E-state index in [-0.39, 0.29) is 2.85 Å². The van der Waals surface area contributed by atoms with E-state index in [1.807, 2.05) is 0 Å². The molecule has 0 fully saturated rings. The Morgan fingerprint density at radius 2 is 1.89 bits per heavy atom. The quantitative estimate of drug-likeness (QED) is 0.488. The Bertz CT molecular complexity index is 185. The highest BCUT2D eigenvalue weighted by atomic mass is 16.4. The lowest BCUT2D eigenvalue weighted by Crippen LogP contribution is -2.29. The van der Waals surface area contributed by atoms with Crippen LogP contribution in [0.1, 0.15) is 2.85 Å². The summed E-state index contributed by atoms with van der Waals surface area (Å²) in [5, 5.41) is 17.1. The predicted molar refractivity (Wildman–Crippen MR) is 38.3 cm³/mol. The zero-order valence-corrected chi connectivity index (χ0v) is 4.73. The summed E-state index contributed by atoms with van der Waals surface area (Å²) in [4.78, 5) is 3.71. The van der Waals surface area contributed by atoms with Gasteiger partial charge in [-0.05, 0) is 17.6 Å². The van der Waals surface area contributed by atoms with Gasteiger partial charge in [0.2, 0.25) is 0 Å². The molecule has 0 bridgehead atoms. The fourth-order valence-electron chi connectivity index (χ4n) is 0.536. The maximum atomic E-state index is 8.55. The van der Waals surface area contributed by atoms with Gasteiger partial charge in [-0.2, -0.15) is 0 Å². The van der Waals surface area contributed by atoms with Crippen LogP contribution in [0.5, 0.6) is 0 Å². The van der Waals surface area contributed by atoms with Crippen molar-refractivity contribution in [2.24, 2.45) is 0 Å². The van der Waals surface area contributed by atoms with E-state index >= 15 is 0 Å². The van der Waals surface area contributed by atoms with Crippen molar-refractivity contribution in [3.63, 3.8) is 0 Å². The summed E-state index contributed by atoms with van der Waals surface area (Å²) in [6.45, 7) is 0. The minimum atomic E-state index is -1.38. The first-order chi connectivity index (χ1) is 4.30. The fourth-order valence-corrected chi connectivity index (χ4v) is 0.536. The highest BCUT2D eigenvalue weighted by molar-refractivity contribution is 6.58. The first-order valence-corrected chi connectivity index (χ1v) is 2.57. The van der Waals surface area contributed by atoms with Crippen molar-refractivity contribution in [3.8, 4) is 0 Å². The third-order valence-electron chi connectivity index (χ3n) is 1.00. The molecule has 1 aromatic rings. The topological polar surface area (TPSA) is 53.4 Å². The zero-order chi connectivity index (χ0) is 6.69. The van der Waals surface area contributed by atoms with Crippen LogP contribution in [0.3, 0.4) is 0 Å². The number of pyridine rings is 1. The van der Waals surface area contributed by atoms with Gasteiger partial charge in [0, 0.05) is 15.2 Å². The molecule has 0 radical (unpaired) electrons. The van der Waals surface area contributed by atoms with Gasteiger partial charge in [-0.25, -0.2) is 0 Å². The SMILES string of the molecule is OB(O)c1ccncc1.[HH].[HH]. The molecule has 0 aliphatic rings. The molecule has 0 aliphatic carbocycles. The molecule has 0 atom stereocenters. The summed E-state index contributed by atoms with van der Waals surface area (Å²) in [5.41, 5.74) is 0.463. The highest BCUT2D eigenvalue weighted by Gasteiger charge is 2.07. The van der Waals surface area contributed by atoms with Gasteiger partial charge in [-0.15, -0.1) is 0 Å². The van der Waals surface area contributed by atoms with Crippen molar-refractivity contribution in [1.29, 1.82) is 0 Å². The monoisotopic (exact) mass is 127 g/mol. The summed E-state index contributed by atoms with van der Waals surface area (Å²) >= 11 is 0. The third-order valence-corrected chi connectivity index (χ3v) is 1.00. The lowest BCUT2D eigenvalue weighted by Gasteiger charge is -1.93. The predicted octanol–water partition coefficient (Wildman–Crippen LogP) is -0.747. The molecular formula is C5H10BNO2. The number of hydrogen-bond donors (Lipinski definition) is 2. The van der Waals surface area contributed by atoms with Crippen LogP contribution >= 0.6 is 0 Å².